The van der Waals surface area contributed by atoms with Crippen molar-refractivity contribution >= 4 is 5.97 Å². The van der Waals surface area contributed by atoms with E-state index in [1.807, 2.05) is 0 Å². The average molecular weight is 1270 g/mol. The largest absolute Gasteiger partial charge is 0.550 e. The number of alkyl halides is 32. The second-order valence-corrected chi connectivity index (χ2v) is 16.2. The SMILES string of the molecule is C.C.CC(=O)[O-].CCN(CC)CC.CC[N+](CC)(CC)CC(O)COCC(F)(F)C(F)(F)C(F)(F)C(F)(F)C(F)(F)C(F)(F)C(F)(F)C(F)F.FC(F)C(F)(F)C(F)(F)C(F)(F)C(F)(F)C(F)(F)C(F)(F)C(F)(F)COCC1CO1. The molecule has 1 rings (SSSR count). The Bertz CT molecular complexity index is 1780. The Hall–Kier alpha value is -3.01. The van der Waals surface area contributed by atoms with E-state index in [4.69, 9.17) is 9.90 Å². The summed E-state index contributed by atoms with van der Waals surface area (Å²) in [6.45, 7) is 8.67. The van der Waals surface area contributed by atoms with Gasteiger partial charge in [0.05, 0.1) is 39.5 Å². The topological polar surface area (TPSA) is 94.6 Å². The molecule has 8 nitrogen and oxygen atoms in total. The summed E-state index contributed by atoms with van der Waals surface area (Å²) in [6, 6.07) is 0. The first-order valence-electron chi connectivity index (χ1n) is 21.4. The number of aliphatic hydroxyl groups is 1. The van der Waals surface area contributed by atoms with Gasteiger partial charge >= 0.3 is 95.8 Å². The Balaban J connectivity index is -0.000000390. The number of ether oxygens (including phenoxy) is 3. The maximum atomic E-state index is 13.8. The maximum absolute atomic E-state index is 13.8. The molecule has 488 valence electrons. The minimum atomic E-state index is -8.44. The zero-order chi connectivity index (χ0) is 63.6. The number of aliphatic hydroxyl groups excluding tert-OH is 1. The molecule has 1 aliphatic heterocycles. The standard InChI is InChI=1S/C18H24F16NO2.C12H8F16O2.C6H15N.C2H4O2.2CH4/c1-4-35(5-2,6-3)7-10(36)8-37-9-12(21,22)14(25,26)16(29,30)18(33,34)17(31,32)15(27,28)13(23,24)11(19)20;13-5(14)7(17,18)9(21,22)11(25,26)12(27,28)10(23,24)8(19,20)6(15,16)3-29-1-4-2-30-4;1-4-7(5-2)6-3;1-2(3)4;;/h10-11,36H,4-9H2,1-3H3;4-5H,1-3H2;4-6H2,1-3H3;1H3,(H,3,4);2*1H4/q+1;;;;;/p-1. The van der Waals surface area contributed by atoms with E-state index < -0.39 is 140 Å². The van der Waals surface area contributed by atoms with Crippen LogP contribution in [0, 0.1) is 0 Å². The molecule has 0 aromatic rings. The third-order valence-corrected chi connectivity index (χ3v) is 11.0. The van der Waals surface area contributed by atoms with E-state index in [9.17, 15) is 146 Å². The van der Waals surface area contributed by atoms with Crippen LogP contribution in [0.15, 0.2) is 0 Å². The number of carbonyl (C=O) groups excluding carboxylic acids is 1. The van der Waals surface area contributed by atoms with E-state index in [1.54, 1.807) is 20.8 Å². The normalized spacial score (nSPS) is 16.4. The van der Waals surface area contributed by atoms with Crippen LogP contribution in [-0.2, 0) is 19.0 Å². The van der Waals surface area contributed by atoms with E-state index in [2.05, 4.69) is 39.9 Å². The van der Waals surface area contributed by atoms with Gasteiger partial charge in [0.15, 0.2) is 0 Å². The number of likely N-dealkylation sites (N-methyl/N-ethyl adjacent to an activating group) is 1. The Morgan fingerprint density at radius 3 is 0.963 bits per heavy atom. The molecule has 1 N–H and O–H groups in total. The Morgan fingerprint density at radius 2 is 0.750 bits per heavy atom. The van der Waals surface area contributed by atoms with Crippen LogP contribution in [0.25, 0.3) is 0 Å². The van der Waals surface area contributed by atoms with Gasteiger partial charge < -0.3 is 38.6 Å². The number of hydrogen-bond donors (Lipinski definition) is 1. The lowest BCUT2D eigenvalue weighted by atomic mass is 9.89. The van der Waals surface area contributed by atoms with Crippen LogP contribution in [0.4, 0.5) is 140 Å². The predicted octanol–water partition coefficient (Wildman–Crippen LogP) is 12.4. The van der Waals surface area contributed by atoms with Crippen molar-refractivity contribution in [2.45, 2.75) is 171 Å². The number of halogens is 32. The number of aliphatic carboxylic acids is 1. The average Bonchev–Trinajstić information content (AvgIpc) is 4.12. The van der Waals surface area contributed by atoms with Crippen molar-refractivity contribution in [2.24, 2.45) is 0 Å². The Labute approximate surface area is 435 Å². The molecular weight excluding hydrogens is 1210 g/mol. The fraction of sp³-hybridized carbons (Fsp3) is 0.975. The van der Waals surface area contributed by atoms with Gasteiger partial charge in [0, 0.05) is 5.97 Å². The monoisotopic (exact) mass is 1270 g/mol. The molecule has 1 saturated heterocycles. The molecular formula is C40H58F32N2O6. The maximum Gasteiger partial charge on any atom is 0.384 e. The summed E-state index contributed by atoms with van der Waals surface area (Å²) in [6.07, 6.45) is -14.4. The third kappa shape index (κ3) is 17.3. The molecule has 0 saturated carbocycles. The van der Waals surface area contributed by atoms with Crippen LogP contribution in [0.3, 0.4) is 0 Å². The number of carbonyl (C=O) groups is 1. The molecule has 0 bridgehead atoms. The number of rotatable bonds is 30. The highest BCUT2D eigenvalue weighted by atomic mass is 19.4. The van der Waals surface area contributed by atoms with Crippen LogP contribution in [0.5, 0.6) is 0 Å². The zero-order valence-corrected chi connectivity index (χ0v) is 40.8. The molecule has 1 aliphatic rings. The highest BCUT2D eigenvalue weighted by molar-refractivity contribution is 5.60. The summed E-state index contributed by atoms with van der Waals surface area (Å²) in [5.41, 5.74) is 0. The Morgan fingerprint density at radius 1 is 0.512 bits per heavy atom. The van der Waals surface area contributed by atoms with E-state index in [1.165, 1.54) is 19.6 Å². The van der Waals surface area contributed by atoms with Crippen LogP contribution >= 0.6 is 0 Å². The second-order valence-electron chi connectivity index (χ2n) is 16.2. The summed E-state index contributed by atoms with van der Waals surface area (Å²) in [4.78, 5) is 11.3. The number of epoxide rings is 1. The predicted molar refractivity (Wildman–Crippen MR) is 213 cm³/mol. The van der Waals surface area contributed by atoms with Gasteiger partial charge in [0.1, 0.15) is 32.0 Å². The molecule has 0 spiro atoms. The van der Waals surface area contributed by atoms with Crippen molar-refractivity contribution in [3.8, 4) is 0 Å². The first-order chi connectivity index (χ1) is 34.3. The Kier molecular flexibility index (Phi) is 31.8. The third-order valence-electron chi connectivity index (χ3n) is 11.0. The van der Waals surface area contributed by atoms with Gasteiger partial charge in [0.25, 0.3) is 0 Å². The quantitative estimate of drug-likeness (QED) is 0.0435. The summed E-state index contributed by atoms with van der Waals surface area (Å²) in [5, 5.41) is 18.7. The molecule has 40 heteroatoms. The van der Waals surface area contributed by atoms with Crippen molar-refractivity contribution in [1.29, 1.82) is 0 Å². The van der Waals surface area contributed by atoms with Crippen LogP contribution in [0.1, 0.15) is 63.3 Å². The molecule has 1 fully saturated rings. The van der Waals surface area contributed by atoms with Crippen molar-refractivity contribution in [2.75, 3.05) is 78.8 Å². The lowest BCUT2D eigenvalue weighted by Gasteiger charge is -2.42. The minimum absolute atomic E-state index is 0. The first-order valence-corrected chi connectivity index (χ1v) is 21.4. The molecule has 0 amide bonds. The van der Waals surface area contributed by atoms with Gasteiger partial charge in [-0.15, -0.1) is 0 Å². The van der Waals surface area contributed by atoms with Crippen LogP contribution in [-0.4, -0.2) is 207 Å². The van der Waals surface area contributed by atoms with E-state index in [0.29, 0.717) is 19.6 Å². The van der Waals surface area contributed by atoms with Crippen molar-refractivity contribution < 1.29 is 174 Å². The van der Waals surface area contributed by atoms with E-state index in [-0.39, 0.29) is 32.5 Å². The number of carboxylic acid groups (broad SMARTS) is 1. The van der Waals surface area contributed by atoms with E-state index >= 15 is 0 Å². The second kappa shape index (κ2) is 29.7. The molecule has 0 aromatic heterocycles. The number of nitrogens with zero attached hydrogens (tertiary/aromatic N) is 2. The summed E-state index contributed by atoms with van der Waals surface area (Å²) in [5.74, 6) is -110. The van der Waals surface area contributed by atoms with E-state index in [0.717, 1.165) is 6.92 Å². The van der Waals surface area contributed by atoms with Gasteiger partial charge in [-0.05, 0) is 47.3 Å². The molecule has 80 heavy (non-hydrogen) atoms. The molecule has 2 atom stereocenters. The van der Waals surface area contributed by atoms with Gasteiger partial charge in [-0.25, -0.2) is 17.6 Å². The van der Waals surface area contributed by atoms with Crippen molar-refractivity contribution in [3.05, 3.63) is 0 Å². The molecule has 0 aliphatic carbocycles. The molecule has 1 heterocycles. The first kappa shape index (κ1) is 85.8. The minimum Gasteiger partial charge on any atom is -0.550 e. The number of quaternary nitrogens is 1. The fourth-order valence-corrected chi connectivity index (χ4v) is 5.55. The lowest BCUT2D eigenvalue weighted by Crippen LogP contribution is -2.74. The molecule has 0 radical (unpaired) electrons. The summed E-state index contributed by atoms with van der Waals surface area (Å²) < 4.78 is 433. The summed E-state index contributed by atoms with van der Waals surface area (Å²) in [7, 11) is 0. The molecule has 2 unspecified atom stereocenters. The highest BCUT2D eigenvalue weighted by Gasteiger charge is 2.95. The number of hydrogen-bond acceptors (Lipinski definition) is 7. The molecule has 0 aromatic carbocycles. The van der Waals surface area contributed by atoms with Gasteiger partial charge in [-0.2, -0.15) is 123 Å². The van der Waals surface area contributed by atoms with Gasteiger partial charge in [-0.3, -0.25) is 0 Å². The number of carboxylic acids is 1. The van der Waals surface area contributed by atoms with Crippen molar-refractivity contribution in [3.63, 3.8) is 0 Å². The van der Waals surface area contributed by atoms with Gasteiger partial charge in [-0.1, -0.05) is 35.6 Å². The van der Waals surface area contributed by atoms with Crippen LogP contribution in [0.2, 0.25) is 0 Å². The lowest BCUT2D eigenvalue weighted by molar-refractivity contribution is -0.926. The smallest absolute Gasteiger partial charge is 0.384 e. The van der Waals surface area contributed by atoms with Crippen LogP contribution < -0.4 is 5.11 Å². The summed E-state index contributed by atoms with van der Waals surface area (Å²) >= 11 is 0. The highest BCUT2D eigenvalue weighted by Crippen LogP contribution is 2.64. The zero-order valence-electron chi connectivity index (χ0n) is 40.8. The van der Waals surface area contributed by atoms with Crippen molar-refractivity contribution in [1.82, 2.24) is 4.90 Å². The van der Waals surface area contributed by atoms with Gasteiger partial charge in [0.2, 0.25) is 0 Å². The fourth-order valence-electron chi connectivity index (χ4n) is 5.55.